The van der Waals surface area contributed by atoms with Crippen molar-refractivity contribution < 1.29 is 9.90 Å². The molecule has 0 fully saturated rings. The normalized spacial score (nSPS) is 12.1. The second-order valence-corrected chi connectivity index (χ2v) is 7.56. The fourth-order valence-electron chi connectivity index (χ4n) is 2.36. The summed E-state index contributed by atoms with van der Waals surface area (Å²) in [5.41, 5.74) is 0.861. The highest BCUT2D eigenvalue weighted by molar-refractivity contribution is 7.17. The summed E-state index contributed by atoms with van der Waals surface area (Å²) in [6.07, 6.45) is 1.73. The first kappa shape index (κ1) is 21.7. The number of nitrogens with zero attached hydrogens (tertiary/aromatic N) is 3. The highest BCUT2D eigenvalue weighted by Gasteiger charge is 2.20. The van der Waals surface area contributed by atoms with Gasteiger partial charge < -0.3 is 15.7 Å². The van der Waals surface area contributed by atoms with E-state index in [1.165, 1.54) is 11.3 Å². The average molecular weight is 402 g/mol. The zero-order valence-electron chi connectivity index (χ0n) is 16.9. The number of fused-ring (bicyclic) bond motifs is 1. The predicted molar refractivity (Wildman–Crippen MR) is 114 cm³/mol. The Morgan fingerprint density at radius 1 is 1.25 bits per heavy atom. The Hall–Kier alpha value is -2.58. The van der Waals surface area contributed by atoms with E-state index in [-0.39, 0.29) is 18.5 Å². The Morgan fingerprint density at radius 3 is 2.64 bits per heavy atom. The summed E-state index contributed by atoms with van der Waals surface area (Å²) in [4.78, 5) is 25.8. The number of anilines is 1. The molecule has 0 radical (unpaired) electrons. The highest BCUT2D eigenvalue weighted by atomic mass is 32.1. The first-order valence-electron chi connectivity index (χ1n) is 9.27. The van der Waals surface area contributed by atoms with E-state index in [2.05, 4.69) is 25.6 Å². The van der Waals surface area contributed by atoms with Crippen LogP contribution < -0.4 is 10.6 Å². The molecule has 3 rings (SSSR count). The number of thiophene rings is 1. The predicted octanol–water partition coefficient (Wildman–Crippen LogP) is 3.79. The minimum atomic E-state index is -0.994. The second kappa shape index (κ2) is 9.57. The SMILES string of the molecule is CC.C[C@H](Nc1nc(C(=O)NCC(C)(C)O)c2sccc2n1)c1ccccn1. The first-order valence-corrected chi connectivity index (χ1v) is 10.1. The van der Waals surface area contributed by atoms with E-state index >= 15 is 0 Å². The standard InChI is InChI=1S/C18H21N5O2S.C2H6/c1-11(12-6-4-5-8-19-12)21-17-22-13-7-9-26-15(13)14(23-17)16(24)20-10-18(2,3)25;1-2/h4-9,11,25H,10H2,1-3H3,(H,20,24)(H,21,22,23);1-2H3/t11-;/m0./s1. The summed E-state index contributed by atoms with van der Waals surface area (Å²) in [7, 11) is 0. The number of aromatic nitrogens is 3. The molecule has 0 aliphatic heterocycles. The van der Waals surface area contributed by atoms with Gasteiger partial charge in [0.05, 0.1) is 27.6 Å². The third-order valence-electron chi connectivity index (χ3n) is 3.68. The molecule has 3 N–H and O–H groups in total. The molecule has 150 valence electrons. The Balaban J connectivity index is 0.00000136. The molecule has 0 aliphatic carbocycles. The lowest BCUT2D eigenvalue weighted by Crippen LogP contribution is -2.38. The molecule has 28 heavy (non-hydrogen) atoms. The van der Waals surface area contributed by atoms with E-state index in [9.17, 15) is 9.90 Å². The maximum Gasteiger partial charge on any atom is 0.271 e. The van der Waals surface area contributed by atoms with Crippen molar-refractivity contribution in [2.75, 3.05) is 11.9 Å². The van der Waals surface area contributed by atoms with Gasteiger partial charge in [-0.2, -0.15) is 0 Å². The van der Waals surface area contributed by atoms with Gasteiger partial charge in [0.2, 0.25) is 5.95 Å². The van der Waals surface area contributed by atoms with Crippen molar-refractivity contribution in [3.8, 4) is 0 Å². The van der Waals surface area contributed by atoms with Gasteiger partial charge in [-0.15, -0.1) is 11.3 Å². The maximum absolute atomic E-state index is 12.6. The zero-order chi connectivity index (χ0) is 20.7. The topological polar surface area (TPSA) is 100 Å². The van der Waals surface area contributed by atoms with Crippen LogP contribution in [-0.2, 0) is 0 Å². The van der Waals surface area contributed by atoms with Crippen molar-refractivity contribution in [1.82, 2.24) is 20.3 Å². The number of hydrogen-bond acceptors (Lipinski definition) is 7. The van der Waals surface area contributed by atoms with Crippen LogP contribution in [0.25, 0.3) is 10.2 Å². The molecule has 0 saturated heterocycles. The van der Waals surface area contributed by atoms with Gasteiger partial charge in [0.25, 0.3) is 5.91 Å². The van der Waals surface area contributed by atoms with E-state index in [0.29, 0.717) is 21.9 Å². The molecular weight excluding hydrogens is 374 g/mol. The molecule has 0 unspecified atom stereocenters. The first-order chi connectivity index (χ1) is 13.3. The lowest BCUT2D eigenvalue weighted by Gasteiger charge is -2.18. The van der Waals surface area contributed by atoms with Crippen LogP contribution in [0.15, 0.2) is 35.8 Å². The minimum absolute atomic E-state index is 0.112. The van der Waals surface area contributed by atoms with Crippen molar-refractivity contribution >= 4 is 33.4 Å². The smallest absolute Gasteiger partial charge is 0.271 e. The average Bonchev–Trinajstić information content (AvgIpc) is 3.15. The van der Waals surface area contributed by atoms with Gasteiger partial charge in [0, 0.05) is 12.7 Å². The largest absolute Gasteiger partial charge is 0.389 e. The number of amides is 1. The van der Waals surface area contributed by atoms with Crippen molar-refractivity contribution in [2.45, 2.75) is 46.3 Å². The van der Waals surface area contributed by atoms with Crippen molar-refractivity contribution in [3.05, 3.63) is 47.2 Å². The molecule has 3 aromatic heterocycles. The zero-order valence-corrected chi connectivity index (χ0v) is 17.7. The molecule has 0 spiro atoms. The number of rotatable bonds is 6. The third-order valence-corrected chi connectivity index (χ3v) is 4.59. The summed E-state index contributed by atoms with van der Waals surface area (Å²) in [5, 5.41) is 17.6. The molecule has 0 bridgehead atoms. The van der Waals surface area contributed by atoms with Gasteiger partial charge in [-0.25, -0.2) is 9.97 Å². The number of nitrogens with one attached hydrogen (secondary N) is 2. The molecule has 3 heterocycles. The van der Waals surface area contributed by atoms with Crippen LogP contribution in [0.5, 0.6) is 0 Å². The number of carbonyl (C=O) groups is 1. The van der Waals surface area contributed by atoms with Crippen LogP contribution >= 0.6 is 11.3 Å². The highest BCUT2D eigenvalue weighted by Crippen LogP contribution is 2.25. The summed E-state index contributed by atoms with van der Waals surface area (Å²) in [6.45, 7) is 9.36. The van der Waals surface area contributed by atoms with E-state index in [4.69, 9.17) is 0 Å². The molecule has 1 amide bonds. The second-order valence-electron chi connectivity index (χ2n) is 6.65. The Morgan fingerprint density at radius 2 is 2.00 bits per heavy atom. The van der Waals surface area contributed by atoms with Crippen LogP contribution in [0.2, 0.25) is 0 Å². The molecule has 0 saturated carbocycles. The van der Waals surface area contributed by atoms with Crippen molar-refractivity contribution in [1.29, 1.82) is 0 Å². The Kier molecular flexibility index (Phi) is 7.42. The monoisotopic (exact) mass is 401 g/mol. The van der Waals surface area contributed by atoms with Crippen molar-refractivity contribution in [3.63, 3.8) is 0 Å². The van der Waals surface area contributed by atoms with Crippen LogP contribution in [0.1, 0.15) is 56.8 Å². The van der Waals surface area contributed by atoms with Crippen LogP contribution in [0.4, 0.5) is 5.95 Å². The molecule has 3 aromatic rings. The van der Waals surface area contributed by atoms with E-state index in [1.54, 1.807) is 20.0 Å². The van der Waals surface area contributed by atoms with Gasteiger partial charge in [0.15, 0.2) is 5.69 Å². The molecule has 0 aliphatic rings. The lowest BCUT2D eigenvalue weighted by molar-refractivity contribution is 0.0693. The Bertz CT molecular complexity index is 906. The van der Waals surface area contributed by atoms with Gasteiger partial charge in [0.1, 0.15) is 0 Å². The van der Waals surface area contributed by atoms with Gasteiger partial charge in [-0.1, -0.05) is 19.9 Å². The van der Waals surface area contributed by atoms with Crippen LogP contribution in [0, 0.1) is 0 Å². The number of carbonyl (C=O) groups excluding carboxylic acids is 1. The van der Waals surface area contributed by atoms with E-state index < -0.39 is 5.60 Å². The molecular formula is C20H27N5O2S. The van der Waals surface area contributed by atoms with Crippen LogP contribution in [0.3, 0.4) is 0 Å². The third kappa shape index (κ3) is 5.71. The van der Waals surface area contributed by atoms with Gasteiger partial charge >= 0.3 is 0 Å². The molecule has 8 heteroatoms. The van der Waals surface area contributed by atoms with E-state index in [0.717, 1.165) is 5.69 Å². The van der Waals surface area contributed by atoms with Gasteiger partial charge in [-0.05, 0) is 44.4 Å². The summed E-state index contributed by atoms with van der Waals surface area (Å²) in [6, 6.07) is 7.43. The summed E-state index contributed by atoms with van der Waals surface area (Å²) in [5.74, 6) is 0.0259. The maximum atomic E-state index is 12.6. The van der Waals surface area contributed by atoms with E-state index in [1.807, 2.05) is 50.4 Å². The van der Waals surface area contributed by atoms with Crippen molar-refractivity contribution in [2.24, 2.45) is 0 Å². The number of hydrogen-bond donors (Lipinski definition) is 3. The minimum Gasteiger partial charge on any atom is -0.389 e. The number of aliphatic hydroxyl groups is 1. The fourth-order valence-corrected chi connectivity index (χ4v) is 3.18. The molecule has 7 nitrogen and oxygen atoms in total. The fraction of sp³-hybridized carbons (Fsp3) is 0.400. The lowest BCUT2D eigenvalue weighted by atomic mass is 10.1. The summed E-state index contributed by atoms with van der Waals surface area (Å²) < 4.78 is 0.717. The summed E-state index contributed by atoms with van der Waals surface area (Å²) >= 11 is 1.41. The van der Waals surface area contributed by atoms with Gasteiger partial charge in [-0.3, -0.25) is 9.78 Å². The quantitative estimate of drug-likeness (QED) is 0.581. The Labute approximate surface area is 169 Å². The molecule has 1 atom stereocenters. The number of pyridine rings is 1. The molecule has 0 aromatic carbocycles. The van der Waals surface area contributed by atoms with Crippen LogP contribution in [-0.4, -0.2) is 38.1 Å².